The molecular formula is C24H21F3N2O3S. The van der Waals surface area contributed by atoms with Crippen molar-refractivity contribution in [2.45, 2.75) is 44.6 Å². The SMILES string of the molecule is O[C@@H]1CCCC[C@H]1Cc1nc2ccc(Oc3ccnc4cc(OC(F)(F)F)ccc34)cc2s1. The molecule has 0 bridgehead atoms. The minimum Gasteiger partial charge on any atom is -0.457 e. The number of pyridine rings is 1. The van der Waals surface area contributed by atoms with Crippen LogP contribution in [0.15, 0.2) is 48.7 Å². The summed E-state index contributed by atoms with van der Waals surface area (Å²) >= 11 is 1.59. The third-order valence-electron chi connectivity index (χ3n) is 5.85. The van der Waals surface area contributed by atoms with Crippen LogP contribution >= 0.6 is 11.3 Å². The lowest BCUT2D eigenvalue weighted by molar-refractivity contribution is -0.274. The van der Waals surface area contributed by atoms with Gasteiger partial charge in [0.1, 0.15) is 17.2 Å². The highest BCUT2D eigenvalue weighted by Crippen LogP contribution is 2.35. The van der Waals surface area contributed by atoms with Crippen LogP contribution in [0.5, 0.6) is 17.2 Å². The van der Waals surface area contributed by atoms with Gasteiger partial charge >= 0.3 is 6.36 Å². The normalized spacial score (nSPS) is 19.2. The maximum atomic E-state index is 12.5. The molecule has 2 aromatic carbocycles. The van der Waals surface area contributed by atoms with E-state index in [1.54, 1.807) is 17.4 Å². The standard InChI is InChI=1S/C24H21F3N2O3S/c25-24(26,27)32-16-5-7-17-19(12-16)28-10-9-21(17)31-15-6-8-18-22(13-15)33-23(29-18)11-14-3-1-2-4-20(14)30/h5-10,12-14,20,30H,1-4,11H2/t14-,20+/m0/s1. The molecule has 0 saturated heterocycles. The quantitative estimate of drug-likeness (QED) is 0.352. The van der Waals surface area contributed by atoms with Crippen molar-refractivity contribution in [3.63, 3.8) is 0 Å². The Morgan fingerprint density at radius 2 is 1.82 bits per heavy atom. The summed E-state index contributed by atoms with van der Waals surface area (Å²) in [7, 11) is 0. The highest BCUT2D eigenvalue weighted by atomic mass is 32.1. The number of aromatic nitrogens is 2. The zero-order chi connectivity index (χ0) is 23.0. The average molecular weight is 475 g/mol. The largest absolute Gasteiger partial charge is 0.573 e. The Kier molecular flexibility index (Phi) is 5.84. The number of alkyl halides is 3. The number of nitrogens with zero attached hydrogens (tertiary/aromatic N) is 2. The van der Waals surface area contributed by atoms with Crippen molar-refractivity contribution in [1.82, 2.24) is 9.97 Å². The summed E-state index contributed by atoms with van der Waals surface area (Å²) in [6.07, 6.45) is 1.34. The minimum atomic E-state index is -4.76. The second-order valence-electron chi connectivity index (χ2n) is 8.19. The molecule has 1 saturated carbocycles. The molecule has 2 aromatic heterocycles. The minimum absolute atomic E-state index is 0.254. The van der Waals surface area contributed by atoms with Crippen molar-refractivity contribution in [3.05, 3.63) is 53.7 Å². The van der Waals surface area contributed by atoms with E-state index < -0.39 is 6.36 Å². The van der Waals surface area contributed by atoms with Gasteiger partial charge in [0.2, 0.25) is 0 Å². The Labute approximate surface area is 191 Å². The topological polar surface area (TPSA) is 64.5 Å². The monoisotopic (exact) mass is 474 g/mol. The van der Waals surface area contributed by atoms with Gasteiger partial charge in [0, 0.05) is 30.1 Å². The molecule has 33 heavy (non-hydrogen) atoms. The average Bonchev–Trinajstić information content (AvgIpc) is 3.16. The molecule has 0 unspecified atom stereocenters. The predicted molar refractivity (Wildman–Crippen MR) is 120 cm³/mol. The van der Waals surface area contributed by atoms with Crippen molar-refractivity contribution in [3.8, 4) is 17.2 Å². The number of hydrogen-bond donors (Lipinski definition) is 1. The Hall–Kier alpha value is -2.91. The molecule has 0 radical (unpaired) electrons. The van der Waals surface area contributed by atoms with Gasteiger partial charge in [-0.2, -0.15) is 0 Å². The number of aliphatic hydroxyl groups is 1. The number of fused-ring (bicyclic) bond motifs is 2. The summed E-state index contributed by atoms with van der Waals surface area (Å²) in [5.74, 6) is 0.997. The van der Waals surface area contributed by atoms with E-state index in [0.717, 1.165) is 47.3 Å². The lowest BCUT2D eigenvalue weighted by atomic mass is 9.84. The molecule has 2 atom stereocenters. The van der Waals surface area contributed by atoms with Gasteiger partial charge in [-0.3, -0.25) is 4.98 Å². The molecule has 1 N–H and O–H groups in total. The summed E-state index contributed by atoms with van der Waals surface area (Å²) in [5.41, 5.74) is 1.21. The third-order valence-corrected chi connectivity index (χ3v) is 6.89. The predicted octanol–water partition coefficient (Wildman–Crippen LogP) is 6.63. The van der Waals surface area contributed by atoms with E-state index in [-0.39, 0.29) is 17.8 Å². The summed E-state index contributed by atoms with van der Waals surface area (Å²) in [6, 6.07) is 11.2. The molecule has 0 spiro atoms. The van der Waals surface area contributed by atoms with Crippen molar-refractivity contribution in [2.24, 2.45) is 5.92 Å². The zero-order valence-corrected chi connectivity index (χ0v) is 18.3. The number of halogens is 3. The first kappa shape index (κ1) is 21.9. The molecule has 5 rings (SSSR count). The van der Waals surface area contributed by atoms with E-state index in [9.17, 15) is 18.3 Å². The van der Waals surface area contributed by atoms with Gasteiger partial charge < -0.3 is 14.6 Å². The zero-order valence-electron chi connectivity index (χ0n) is 17.5. The van der Waals surface area contributed by atoms with Crippen LogP contribution in [0, 0.1) is 5.92 Å². The van der Waals surface area contributed by atoms with Crippen LogP contribution < -0.4 is 9.47 Å². The van der Waals surface area contributed by atoms with Gasteiger partial charge in [0.05, 0.1) is 26.8 Å². The third kappa shape index (κ3) is 5.04. The number of benzene rings is 2. The molecule has 9 heteroatoms. The van der Waals surface area contributed by atoms with E-state index in [0.29, 0.717) is 22.4 Å². The maximum absolute atomic E-state index is 12.5. The van der Waals surface area contributed by atoms with E-state index in [2.05, 4.69) is 9.72 Å². The van der Waals surface area contributed by atoms with Gasteiger partial charge in [-0.1, -0.05) is 12.8 Å². The fourth-order valence-corrected chi connectivity index (χ4v) is 5.36. The highest BCUT2D eigenvalue weighted by Gasteiger charge is 2.31. The van der Waals surface area contributed by atoms with Crippen LogP contribution in [0.3, 0.4) is 0 Å². The number of thiazole rings is 1. The fourth-order valence-electron chi connectivity index (χ4n) is 4.27. The molecule has 5 nitrogen and oxygen atoms in total. The van der Waals surface area contributed by atoms with Gasteiger partial charge in [-0.15, -0.1) is 24.5 Å². The Morgan fingerprint density at radius 1 is 1.00 bits per heavy atom. The Bertz CT molecular complexity index is 1290. The lowest BCUT2D eigenvalue weighted by Crippen LogP contribution is -2.26. The van der Waals surface area contributed by atoms with Crippen LogP contribution in [0.4, 0.5) is 13.2 Å². The van der Waals surface area contributed by atoms with Crippen molar-refractivity contribution >= 4 is 32.5 Å². The van der Waals surface area contributed by atoms with Crippen LogP contribution in [-0.4, -0.2) is 27.5 Å². The maximum Gasteiger partial charge on any atom is 0.573 e. The second-order valence-corrected chi connectivity index (χ2v) is 9.31. The molecular weight excluding hydrogens is 453 g/mol. The van der Waals surface area contributed by atoms with Crippen LogP contribution in [-0.2, 0) is 6.42 Å². The van der Waals surface area contributed by atoms with E-state index >= 15 is 0 Å². The number of rotatable bonds is 5. The van der Waals surface area contributed by atoms with Gasteiger partial charge in [-0.05, 0) is 49.1 Å². The summed E-state index contributed by atoms with van der Waals surface area (Å²) in [5, 5.41) is 11.8. The summed E-state index contributed by atoms with van der Waals surface area (Å²) in [6.45, 7) is 0. The highest BCUT2D eigenvalue weighted by molar-refractivity contribution is 7.18. The number of aliphatic hydroxyl groups excluding tert-OH is 1. The first-order chi connectivity index (χ1) is 15.8. The molecule has 1 fully saturated rings. The second kappa shape index (κ2) is 8.79. The van der Waals surface area contributed by atoms with Gasteiger partial charge in [0.15, 0.2) is 0 Å². The van der Waals surface area contributed by atoms with Crippen LogP contribution in [0.2, 0.25) is 0 Å². The number of hydrogen-bond acceptors (Lipinski definition) is 6. The fraction of sp³-hybridized carbons (Fsp3) is 0.333. The number of ether oxygens (including phenoxy) is 2. The van der Waals surface area contributed by atoms with Crippen molar-refractivity contribution in [1.29, 1.82) is 0 Å². The van der Waals surface area contributed by atoms with E-state index in [1.165, 1.54) is 24.4 Å². The molecule has 4 aromatic rings. The molecule has 1 aliphatic carbocycles. The molecule has 0 aliphatic heterocycles. The first-order valence-corrected chi connectivity index (χ1v) is 11.6. The van der Waals surface area contributed by atoms with Gasteiger partial charge in [-0.25, -0.2) is 4.98 Å². The molecule has 2 heterocycles. The van der Waals surface area contributed by atoms with Crippen LogP contribution in [0.25, 0.3) is 21.1 Å². The Morgan fingerprint density at radius 3 is 2.64 bits per heavy atom. The van der Waals surface area contributed by atoms with Crippen molar-refractivity contribution < 1.29 is 27.8 Å². The van der Waals surface area contributed by atoms with Gasteiger partial charge in [0.25, 0.3) is 0 Å². The van der Waals surface area contributed by atoms with Crippen molar-refractivity contribution in [2.75, 3.05) is 0 Å². The molecule has 172 valence electrons. The Balaban J connectivity index is 1.37. The smallest absolute Gasteiger partial charge is 0.457 e. The van der Waals surface area contributed by atoms with E-state index in [4.69, 9.17) is 9.72 Å². The molecule has 1 aliphatic rings. The van der Waals surface area contributed by atoms with E-state index in [1.807, 2.05) is 18.2 Å². The lowest BCUT2D eigenvalue weighted by Gasteiger charge is -2.26. The summed E-state index contributed by atoms with van der Waals surface area (Å²) < 4.78 is 48.5. The van der Waals surface area contributed by atoms with Crippen LogP contribution in [0.1, 0.15) is 30.7 Å². The summed E-state index contributed by atoms with van der Waals surface area (Å²) in [4.78, 5) is 8.85. The molecule has 0 amide bonds. The first-order valence-electron chi connectivity index (χ1n) is 10.7.